The number of hydrogen-bond donors (Lipinski definition) is 1. The van der Waals surface area contributed by atoms with E-state index in [-0.39, 0.29) is 0 Å². The lowest BCUT2D eigenvalue weighted by Gasteiger charge is -2.09. The summed E-state index contributed by atoms with van der Waals surface area (Å²) in [6, 6.07) is 4.35. The Hall–Kier alpha value is -1.38. The average Bonchev–Trinajstić information content (AvgIpc) is 2.54. The van der Waals surface area contributed by atoms with Crippen LogP contribution in [-0.4, -0.2) is 17.4 Å². The highest BCUT2D eigenvalue weighted by Crippen LogP contribution is 2.15. The molecule has 1 aromatic heterocycles. The zero-order valence-corrected chi connectivity index (χ0v) is 6.99. The molecule has 0 radical (unpaired) electrons. The highest BCUT2D eigenvalue weighted by Gasteiger charge is 2.15. The van der Waals surface area contributed by atoms with Gasteiger partial charge in [-0.2, -0.15) is 0 Å². The molecule has 3 heteroatoms. The van der Waals surface area contributed by atoms with E-state index in [0.717, 1.165) is 12.4 Å². The van der Waals surface area contributed by atoms with E-state index in [4.69, 9.17) is 0 Å². The summed E-state index contributed by atoms with van der Waals surface area (Å²) in [6.45, 7) is 2.81. The normalized spacial score (nSPS) is 21.8. The van der Waals surface area contributed by atoms with E-state index < -0.39 is 0 Å². The summed E-state index contributed by atoms with van der Waals surface area (Å²) in [6.07, 6.45) is 3.66. The zero-order valence-electron chi connectivity index (χ0n) is 6.99. The molecule has 0 unspecified atom stereocenters. The molecular formula is C9H11N3. The number of nitrogens with zero attached hydrogens (tertiary/aromatic N) is 2. The number of amidine groups is 1. The third-order valence-electron chi connectivity index (χ3n) is 1.98. The lowest BCUT2D eigenvalue weighted by atomic mass is 10.1. The predicted molar refractivity (Wildman–Crippen MR) is 48.1 cm³/mol. The summed E-state index contributed by atoms with van der Waals surface area (Å²) in [5.41, 5.74) is 1.21. The molecule has 1 aliphatic heterocycles. The maximum atomic E-state index is 4.27. The van der Waals surface area contributed by atoms with E-state index in [1.54, 1.807) is 6.20 Å². The van der Waals surface area contributed by atoms with Crippen LogP contribution < -0.4 is 5.32 Å². The van der Waals surface area contributed by atoms with Crippen molar-refractivity contribution >= 4 is 5.84 Å². The van der Waals surface area contributed by atoms with Gasteiger partial charge in [0, 0.05) is 12.4 Å². The second-order valence-corrected chi connectivity index (χ2v) is 2.91. The van der Waals surface area contributed by atoms with Crippen LogP contribution in [0.1, 0.15) is 18.5 Å². The molecular weight excluding hydrogens is 150 g/mol. The number of aliphatic imine (C=N–C) groups is 1. The summed E-state index contributed by atoms with van der Waals surface area (Å²) in [5, 5.41) is 3.28. The van der Waals surface area contributed by atoms with Gasteiger partial charge < -0.3 is 5.32 Å². The summed E-state index contributed by atoms with van der Waals surface area (Å²) in [5.74, 6) is 1.02. The molecule has 0 saturated carbocycles. The van der Waals surface area contributed by atoms with Gasteiger partial charge >= 0.3 is 0 Å². The van der Waals surface area contributed by atoms with Crippen LogP contribution in [0.2, 0.25) is 0 Å². The molecule has 0 bridgehead atoms. The SMILES string of the molecule is CC1=NC[C@H](c2cccnc2)N1. The first-order valence-corrected chi connectivity index (χ1v) is 4.04. The van der Waals surface area contributed by atoms with Crippen LogP contribution in [0.5, 0.6) is 0 Å². The van der Waals surface area contributed by atoms with Crippen molar-refractivity contribution in [1.29, 1.82) is 0 Å². The van der Waals surface area contributed by atoms with Crippen molar-refractivity contribution in [2.45, 2.75) is 13.0 Å². The van der Waals surface area contributed by atoms with Crippen LogP contribution in [0, 0.1) is 0 Å². The van der Waals surface area contributed by atoms with E-state index >= 15 is 0 Å². The molecule has 62 valence electrons. The monoisotopic (exact) mass is 161 g/mol. The molecule has 1 aromatic rings. The molecule has 0 amide bonds. The quantitative estimate of drug-likeness (QED) is 0.670. The molecule has 1 atom stereocenters. The van der Waals surface area contributed by atoms with Crippen molar-refractivity contribution in [3.05, 3.63) is 30.1 Å². The Bertz CT molecular complexity index is 292. The first-order valence-electron chi connectivity index (χ1n) is 4.04. The molecule has 0 saturated heterocycles. The largest absolute Gasteiger partial charge is 0.365 e. The van der Waals surface area contributed by atoms with Gasteiger partial charge in [0.15, 0.2) is 0 Å². The Morgan fingerprint density at radius 3 is 3.08 bits per heavy atom. The van der Waals surface area contributed by atoms with Crippen LogP contribution in [0.3, 0.4) is 0 Å². The maximum absolute atomic E-state index is 4.27. The van der Waals surface area contributed by atoms with Crippen molar-refractivity contribution < 1.29 is 0 Å². The van der Waals surface area contributed by atoms with Crippen LogP contribution in [0.4, 0.5) is 0 Å². The van der Waals surface area contributed by atoms with E-state index in [1.807, 2.05) is 19.2 Å². The fourth-order valence-electron chi connectivity index (χ4n) is 1.34. The molecule has 0 fully saturated rings. The van der Waals surface area contributed by atoms with Gasteiger partial charge in [-0.25, -0.2) is 0 Å². The van der Waals surface area contributed by atoms with Crippen molar-refractivity contribution in [2.24, 2.45) is 4.99 Å². The Morgan fingerprint density at radius 1 is 1.58 bits per heavy atom. The van der Waals surface area contributed by atoms with E-state index in [1.165, 1.54) is 5.56 Å². The number of hydrogen-bond acceptors (Lipinski definition) is 3. The second-order valence-electron chi connectivity index (χ2n) is 2.91. The molecule has 0 aromatic carbocycles. The van der Waals surface area contributed by atoms with Crippen molar-refractivity contribution in [2.75, 3.05) is 6.54 Å². The molecule has 0 spiro atoms. The number of pyridine rings is 1. The summed E-state index contributed by atoms with van der Waals surface area (Å²) in [4.78, 5) is 8.34. The van der Waals surface area contributed by atoms with Crippen molar-refractivity contribution in [3.8, 4) is 0 Å². The van der Waals surface area contributed by atoms with E-state index in [0.29, 0.717) is 6.04 Å². The van der Waals surface area contributed by atoms with Gasteiger partial charge in [-0.15, -0.1) is 0 Å². The number of rotatable bonds is 1. The molecule has 1 aliphatic rings. The van der Waals surface area contributed by atoms with Crippen molar-refractivity contribution in [3.63, 3.8) is 0 Å². The third-order valence-corrected chi connectivity index (χ3v) is 1.98. The lowest BCUT2D eigenvalue weighted by Crippen LogP contribution is -2.20. The Labute approximate surface area is 71.6 Å². The molecule has 3 nitrogen and oxygen atoms in total. The minimum absolute atomic E-state index is 0.332. The highest BCUT2D eigenvalue weighted by molar-refractivity contribution is 5.81. The van der Waals surface area contributed by atoms with Crippen LogP contribution in [0.25, 0.3) is 0 Å². The summed E-state index contributed by atoms with van der Waals surface area (Å²) >= 11 is 0. The van der Waals surface area contributed by atoms with Crippen LogP contribution in [-0.2, 0) is 0 Å². The van der Waals surface area contributed by atoms with Gasteiger partial charge in [0.25, 0.3) is 0 Å². The topological polar surface area (TPSA) is 37.3 Å². The second kappa shape index (κ2) is 2.93. The van der Waals surface area contributed by atoms with Gasteiger partial charge in [-0.1, -0.05) is 6.07 Å². The summed E-state index contributed by atoms with van der Waals surface area (Å²) < 4.78 is 0. The first kappa shape index (κ1) is 7.28. The molecule has 12 heavy (non-hydrogen) atoms. The summed E-state index contributed by atoms with van der Waals surface area (Å²) in [7, 11) is 0. The lowest BCUT2D eigenvalue weighted by molar-refractivity contribution is 0.705. The fraction of sp³-hybridized carbons (Fsp3) is 0.333. The highest BCUT2D eigenvalue weighted by atomic mass is 15.1. The van der Waals surface area contributed by atoms with Crippen molar-refractivity contribution in [1.82, 2.24) is 10.3 Å². The Balaban J connectivity index is 2.14. The molecule has 1 N–H and O–H groups in total. The maximum Gasteiger partial charge on any atom is 0.0938 e. The van der Waals surface area contributed by atoms with Gasteiger partial charge in [-0.05, 0) is 18.6 Å². The van der Waals surface area contributed by atoms with Gasteiger partial charge in [0.2, 0.25) is 0 Å². The minimum Gasteiger partial charge on any atom is -0.365 e. The van der Waals surface area contributed by atoms with E-state index in [9.17, 15) is 0 Å². The zero-order chi connectivity index (χ0) is 8.39. The van der Waals surface area contributed by atoms with Gasteiger partial charge in [-0.3, -0.25) is 9.98 Å². The van der Waals surface area contributed by atoms with Crippen LogP contribution >= 0.6 is 0 Å². The first-order chi connectivity index (χ1) is 5.86. The minimum atomic E-state index is 0.332. The fourth-order valence-corrected chi connectivity index (χ4v) is 1.34. The smallest absolute Gasteiger partial charge is 0.0938 e. The standard InChI is InChI=1S/C9H11N3/c1-7-11-6-9(12-7)8-3-2-4-10-5-8/h2-5,9H,6H2,1H3,(H,11,12)/t9-/m1/s1. The third kappa shape index (κ3) is 1.30. The number of nitrogens with one attached hydrogen (secondary N) is 1. The number of aromatic nitrogens is 1. The van der Waals surface area contributed by atoms with Gasteiger partial charge in [0.1, 0.15) is 0 Å². The average molecular weight is 161 g/mol. The molecule has 0 aliphatic carbocycles. The predicted octanol–water partition coefficient (Wildman–Crippen LogP) is 1.14. The van der Waals surface area contributed by atoms with Crippen LogP contribution in [0.15, 0.2) is 29.5 Å². The molecule has 2 rings (SSSR count). The Morgan fingerprint density at radius 2 is 2.50 bits per heavy atom. The van der Waals surface area contributed by atoms with Gasteiger partial charge in [0.05, 0.1) is 18.4 Å². The molecule has 2 heterocycles. The van der Waals surface area contributed by atoms with E-state index in [2.05, 4.69) is 21.4 Å². The Kier molecular flexibility index (Phi) is 1.78.